The molecule has 2 heterocycles. The predicted octanol–water partition coefficient (Wildman–Crippen LogP) is 3.46. The van der Waals surface area contributed by atoms with E-state index in [-0.39, 0.29) is 12.4 Å². The molecule has 0 bridgehead atoms. The van der Waals surface area contributed by atoms with Gasteiger partial charge in [0.05, 0.1) is 5.69 Å². The summed E-state index contributed by atoms with van der Waals surface area (Å²) in [5.41, 5.74) is 0.817. The Morgan fingerprint density at radius 2 is 2.17 bits per heavy atom. The maximum absolute atomic E-state index is 13.6. The van der Waals surface area contributed by atoms with Crippen molar-refractivity contribution in [1.29, 1.82) is 0 Å². The fourth-order valence-corrected chi connectivity index (χ4v) is 2.86. The van der Waals surface area contributed by atoms with Gasteiger partial charge in [-0.2, -0.15) is 0 Å². The number of benzene rings is 1. The van der Waals surface area contributed by atoms with Crippen LogP contribution in [0.2, 0.25) is 0 Å². The summed E-state index contributed by atoms with van der Waals surface area (Å²) in [5, 5.41) is 12.9. The summed E-state index contributed by atoms with van der Waals surface area (Å²) in [6, 6.07) is 8.04. The molecule has 0 saturated carbocycles. The molecule has 0 atom stereocenters. The minimum absolute atomic E-state index is 0.117. The maximum Gasteiger partial charge on any atom is 0.191 e. The standard InChI is InChI=1S/C16H15FN4O2S/c1-2-8-21-15(10-22-14-6-4-3-5-13(14)17)18-19-16(21)24-11-12-7-9-23-20-12/h2-7,9H,1,8,10-11H2. The first kappa shape index (κ1) is 16.3. The molecule has 0 radical (unpaired) electrons. The van der Waals surface area contributed by atoms with Gasteiger partial charge in [0.25, 0.3) is 0 Å². The number of para-hydroxylation sites is 1. The van der Waals surface area contributed by atoms with Gasteiger partial charge in [0.2, 0.25) is 0 Å². The molecule has 0 saturated heterocycles. The van der Waals surface area contributed by atoms with Gasteiger partial charge in [-0.05, 0) is 12.1 Å². The molecule has 6 nitrogen and oxygen atoms in total. The zero-order valence-electron chi connectivity index (χ0n) is 12.8. The molecule has 3 rings (SSSR count). The maximum atomic E-state index is 13.6. The van der Waals surface area contributed by atoms with Crippen LogP contribution in [0.3, 0.4) is 0 Å². The first-order valence-electron chi connectivity index (χ1n) is 7.20. The minimum atomic E-state index is -0.409. The highest BCUT2D eigenvalue weighted by Gasteiger charge is 2.14. The van der Waals surface area contributed by atoms with Crippen LogP contribution in [-0.4, -0.2) is 19.9 Å². The summed E-state index contributed by atoms with van der Waals surface area (Å²) in [6.07, 6.45) is 3.27. The Morgan fingerprint density at radius 3 is 2.92 bits per heavy atom. The van der Waals surface area contributed by atoms with Gasteiger partial charge in [-0.1, -0.05) is 35.1 Å². The van der Waals surface area contributed by atoms with Gasteiger partial charge in [-0.25, -0.2) is 4.39 Å². The van der Waals surface area contributed by atoms with Gasteiger partial charge in [0.1, 0.15) is 12.9 Å². The third-order valence-corrected chi connectivity index (χ3v) is 4.14. The second-order valence-electron chi connectivity index (χ2n) is 4.80. The molecule has 0 aliphatic carbocycles. The van der Waals surface area contributed by atoms with Crippen molar-refractivity contribution in [3.05, 3.63) is 66.6 Å². The van der Waals surface area contributed by atoms with E-state index in [2.05, 4.69) is 21.9 Å². The normalized spacial score (nSPS) is 10.7. The quantitative estimate of drug-likeness (QED) is 0.460. The van der Waals surface area contributed by atoms with Crippen LogP contribution in [0.15, 0.2) is 58.9 Å². The third kappa shape index (κ3) is 3.83. The monoisotopic (exact) mass is 346 g/mol. The smallest absolute Gasteiger partial charge is 0.191 e. The molecule has 0 aliphatic rings. The van der Waals surface area contributed by atoms with Gasteiger partial charge in [0, 0.05) is 18.4 Å². The minimum Gasteiger partial charge on any atom is -0.483 e. The summed E-state index contributed by atoms with van der Waals surface area (Å²) in [7, 11) is 0. The summed E-state index contributed by atoms with van der Waals surface area (Å²) < 4.78 is 25.8. The largest absolute Gasteiger partial charge is 0.483 e. The van der Waals surface area contributed by atoms with E-state index in [0.29, 0.717) is 23.3 Å². The van der Waals surface area contributed by atoms with Crippen molar-refractivity contribution >= 4 is 11.8 Å². The predicted molar refractivity (Wildman–Crippen MR) is 87.0 cm³/mol. The molecule has 3 aromatic rings. The van der Waals surface area contributed by atoms with E-state index in [1.54, 1.807) is 30.3 Å². The molecule has 8 heteroatoms. The average molecular weight is 346 g/mol. The first-order valence-corrected chi connectivity index (χ1v) is 8.19. The van der Waals surface area contributed by atoms with Crippen LogP contribution >= 0.6 is 11.8 Å². The van der Waals surface area contributed by atoms with Crippen LogP contribution in [0.4, 0.5) is 4.39 Å². The molecule has 0 unspecified atom stereocenters. The van der Waals surface area contributed by atoms with Crippen molar-refractivity contribution in [2.24, 2.45) is 0 Å². The third-order valence-electron chi connectivity index (χ3n) is 3.14. The summed E-state index contributed by atoms with van der Waals surface area (Å²) in [4.78, 5) is 0. The number of allylic oxidation sites excluding steroid dienone is 1. The number of thioether (sulfide) groups is 1. The topological polar surface area (TPSA) is 66.0 Å². The number of ether oxygens (including phenoxy) is 1. The van der Waals surface area contributed by atoms with Gasteiger partial charge in [-0.15, -0.1) is 16.8 Å². The number of hydrogen-bond donors (Lipinski definition) is 0. The van der Waals surface area contributed by atoms with Gasteiger partial charge in [0.15, 0.2) is 22.5 Å². The molecule has 0 spiro atoms. The zero-order valence-corrected chi connectivity index (χ0v) is 13.6. The second kappa shape index (κ2) is 7.78. The Morgan fingerprint density at radius 1 is 1.29 bits per heavy atom. The Bertz CT molecular complexity index is 804. The fourth-order valence-electron chi connectivity index (χ4n) is 2.00. The molecule has 0 fully saturated rings. The van der Waals surface area contributed by atoms with E-state index >= 15 is 0 Å². The second-order valence-corrected chi connectivity index (χ2v) is 5.74. The van der Waals surface area contributed by atoms with E-state index in [4.69, 9.17) is 9.26 Å². The Labute approximate surface area is 142 Å². The van der Waals surface area contributed by atoms with Crippen LogP contribution in [0.1, 0.15) is 11.5 Å². The average Bonchev–Trinajstić information content (AvgIpc) is 3.23. The van der Waals surface area contributed by atoms with E-state index in [9.17, 15) is 4.39 Å². The molecule has 0 aliphatic heterocycles. The molecule has 2 aromatic heterocycles. The first-order chi connectivity index (χ1) is 11.8. The van der Waals surface area contributed by atoms with Crippen LogP contribution < -0.4 is 4.74 Å². The van der Waals surface area contributed by atoms with Crippen LogP contribution in [0.25, 0.3) is 0 Å². The molecule has 24 heavy (non-hydrogen) atoms. The van der Waals surface area contributed by atoms with E-state index in [1.807, 2.05) is 4.57 Å². The Hall–Kier alpha value is -2.61. The van der Waals surface area contributed by atoms with E-state index in [0.717, 1.165) is 5.69 Å². The molecular weight excluding hydrogens is 331 g/mol. The molecule has 0 N–H and O–H groups in total. The highest BCUT2D eigenvalue weighted by atomic mass is 32.2. The SMILES string of the molecule is C=CCn1c(COc2ccccc2F)nnc1SCc1ccon1. The van der Waals surface area contributed by atoms with Gasteiger partial charge in [-0.3, -0.25) is 4.57 Å². The molecule has 1 aromatic carbocycles. The molecule has 124 valence electrons. The lowest BCUT2D eigenvalue weighted by molar-refractivity contribution is 0.275. The Kier molecular flexibility index (Phi) is 5.27. The van der Waals surface area contributed by atoms with Gasteiger partial charge >= 0.3 is 0 Å². The van der Waals surface area contributed by atoms with Crippen molar-refractivity contribution in [3.8, 4) is 5.75 Å². The summed E-state index contributed by atoms with van der Waals surface area (Å²) >= 11 is 1.48. The molecular formula is C16H15FN4O2S. The Balaban J connectivity index is 1.70. The van der Waals surface area contributed by atoms with E-state index < -0.39 is 5.82 Å². The number of hydrogen-bond acceptors (Lipinski definition) is 6. The number of rotatable bonds is 8. The zero-order chi connectivity index (χ0) is 16.8. The highest BCUT2D eigenvalue weighted by molar-refractivity contribution is 7.98. The number of nitrogens with zero attached hydrogens (tertiary/aromatic N) is 4. The van der Waals surface area contributed by atoms with Crippen molar-refractivity contribution in [1.82, 2.24) is 19.9 Å². The lowest BCUT2D eigenvalue weighted by Crippen LogP contribution is -2.08. The summed E-state index contributed by atoms with van der Waals surface area (Å²) in [6.45, 7) is 4.40. The van der Waals surface area contributed by atoms with Gasteiger partial charge < -0.3 is 9.26 Å². The van der Waals surface area contributed by atoms with Crippen molar-refractivity contribution in [2.75, 3.05) is 0 Å². The highest BCUT2D eigenvalue weighted by Crippen LogP contribution is 2.22. The summed E-state index contributed by atoms with van der Waals surface area (Å²) in [5.74, 6) is 0.983. The van der Waals surface area contributed by atoms with Crippen molar-refractivity contribution in [3.63, 3.8) is 0 Å². The lowest BCUT2D eigenvalue weighted by atomic mass is 10.3. The van der Waals surface area contributed by atoms with E-state index in [1.165, 1.54) is 24.1 Å². The number of halogens is 1. The van der Waals surface area contributed by atoms with Crippen LogP contribution in [0.5, 0.6) is 5.75 Å². The molecule has 0 amide bonds. The van der Waals surface area contributed by atoms with Crippen LogP contribution in [-0.2, 0) is 18.9 Å². The van der Waals surface area contributed by atoms with Crippen molar-refractivity contribution < 1.29 is 13.7 Å². The fraction of sp³-hybridized carbons (Fsp3) is 0.188. The van der Waals surface area contributed by atoms with Crippen LogP contribution in [0, 0.1) is 5.82 Å². The lowest BCUT2D eigenvalue weighted by Gasteiger charge is -2.09. The van der Waals surface area contributed by atoms with Crippen molar-refractivity contribution in [2.45, 2.75) is 24.1 Å². The number of aromatic nitrogens is 4.